The van der Waals surface area contributed by atoms with Crippen molar-refractivity contribution in [3.8, 4) is 11.5 Å². The summed E-state index contributed by atoms with van der Waals surface area (Å²) in [5.41, 5.74) is 41.4. The van der Waals surface area contributed by atoms with E-state index in [0.717, 1.165) is 6.92 Å². The molecule has 1 saturated heterocycles. The smallest absolute Gasteiger partial charge is 0.326 e. The minimum Gasteiger partial charge on any atom is -0.508 e. The SMILES string of the molecule is CC[C@H](C)[C@H](NC(=O)[C@@H](NC(=O)[C@@H]1C[C@@H](O)CN1C(=O)[C@@H](N)C(C)C)[C@@H](C)CC)C(=O)N[C@@H](Cc1ccc(O)cc1)C(=O)N[C@H](C(=O)N[C@@H](CC(N)=O)C(=O)N[C@@H](CCCNC(=N)N)C(=O)N[C@@H](CCN)C(=O)N[C@H](C(=O)N[C@H](CCN)C(=O)N[C@H](C(=O)N[C@@H](CS)C(=O)N[C@@H](CCN)C(=O)N[C@@H](CCCNC(=N)N)C(=O)N[C@@H](Cc1ccc(O)cc1)C(=O)O)[C@@H](C)CC)[C@@H](C)O)C(C)(C)S. The molecule has 3 rings (SSSR count). The van der Waals surface area contributed by atoms with Gasteiger partial charge in [-0.1, -0.05) is 98.9 Å². The van der Waals surface area contributed by atoms with Crippen molar-refractivity contribution in [2.75, 3.05) is 45.0 Å². The number of β-amino-alcohol motifs (C(OH)–C–C–N with tert-alkyl or cyclic N) is 1. The van der Waals surface area contributed by atoms with Gasteiger partial charge >= 0.3 is 5.97 Å². The Morgan fingerprint density at radius 1 is 0.456 bits per heavy atom. The number of hydrogen-bond donors (Lipinski definition) is 32. The monoisotopic (exact) mass is 1960 g/mol. The molecule has 21 atom stereocenters. The molecule has 2 aromatic rings. The third-order valence-electron chi connectivity index (χ3n) is 22.9. The first-order valence-corrected chi connectivity index (χ1v) is 46.2. The highest BCUT2D eigenvalue weighted by Crippen LogP contribution is 2.25. The molecule has 2 aromatic carbocycles. The zero-order valence-corrected chi connectivity index (χ0v) is 80.5. The van der Waals surface area contributed by atoms with Crippen molar-refractivity contribution in [1.29, 1.82) is 10.8 Å². The Bertz CT molecular complexity index is 4380. The maximum Gasteiger partial charge on any atom is 0.326 e. The number of nitrogens with two attached hydrogens (primary N) is 7. The zero-order valence-electron chi connectivity index (χ0n) is 78.7. The molecule has 0 spiro atoms. The summed E-state index contributed by atoms with van der Waals surface area (Å²) < 4.78 is -1.61. The van der Waals surface area contributed by atoms with Crippen LogP contribution in [0.5, 0.6) is 11.5 Å². The van der Waals surface area contributed by atoms with Gasteiger partial charge in [0, 0.05) is 49.4 Å². The average Bonchev–Trinajstić information content (AvgIpc) is 1.70. The van der Waals surface area contributed by atoms with Crippen LogP contribution in [0.4, 0.5) is 0 Å². The number of carboxylic acids is 1. The number of carbonyl (C=O) groups excluding carboxylic acids is 16. The number of phenols is 2. The molecule has 0 unspecified atom stereocenters. The molecule has 1 fully saturated rings. The minimum atomic E-state index is -1.98. The highest BCUT2D eigenvalue weighted by Gasteiger charge is 2.46. The first-order valence-electron chi connectivity index (χ1n) is 45.2. The maximum absolute atomic E-state index is 15.0. The molecule has 37 N–H and O–H groups in total. The third-order valence-corrected chi connectivity index (χ3v) is 23.5. The van der Waals surface area contributed by atoms with E-state index in [1.54, 1.807) is 55.4 Å². The summed E-state index contributed by atoms with van der Waals surface area (Å²) in [5, 5.41) is 107. The van der Waals surface area contributed by atoms with Crippen molar-refractivity contribution in [1.82, 2.24) is 90.0 Å². The van der Waals surface area contributed by atoms with Gasteiger partial charge in [0.25, 0.3) is 0 Å². The topological polar surface area (TPSA) is 817 Å². The van der Waals surface area contributed by atoms with Crippen LogP contribution < -0.4 is 125 Å². The highest BCUT2D eigenvalue weighted by molar-refractivity contribution is 7.81. The Kier molecular flexibility index (Phi) is 50.8. The molecule has 50 heteroatoms. The molecule has 1 heterocycles. The van der Waals surface area contributed by atoms with Crippen LogP contribution in [0.15, 0.2) is 48.5 Å². The predicted molar refractivity (Wildman–Crippen MR) is 507 cm³/mol. The summed E-state index contributed by atoms with van der Waals surface area (Å²) >= 11 is 8.91. The summed E-state index contributed by atoms with van der Waals surface area (Å²) in [5.74, 6) is -21.5. The lowest BCUT2D eigenvalue weighted by Crippen LogP contribution is -2.64. The number of aromatic hydroxyl groups is 2. The number of thiol groups is 2. The molecule has 0 aliphatic carbocycles. The Morgan fingerprint density at radius 2 is 0.779 bits per heavy atom. The molecule has 136 heavy (non-hydrogen) atoms. The number of hydrogen-bond acceptors (Lipinski definition) is 29. The number of benzene rings is 2. The van der Waals surface area contributed by atoms with Crippen molar-refractivity contribution in [2.24, 2.45) is 63.8 Å². The number of rotatable bonds is 60. The van der Waals surface area contributed by atoms with E-state index in [-0.39, 0.29) is 127 Å². The van der Waals surface area contributed by atoms with Crippen LogP contribution in [0.1, 0.15) is 164 Å². The lowest BCUT2D eigenvalue weighted by molar-refractivity contribution is -0.142. The molecule has 0 bridgehead atoms. The lowest BCUT2D eigenvalue weighted by atomic mass is 9.94. The Balaban J connectivity index is 1.93. The molecular formula is C86H144N26O22S2. The second-order valence-corrected chi connectivity index (χ2v) is 36.3. The van der Waals surface area contributed by atoms with Crippen LogP contribution in [-0.2, 0) is 94.3 Å². The van der Waals surface area contributed by atoms with Gasteiger partial charge in [-0.15, -0.1) is 0 Å². The van der Waals surface area contributed by atoms with Crippen molar-refractivity contribution in [3.63, 3.8) is 0 Å². The number of aliphatic hydroxyl groups excluding tert-OH is 2. The van der Waals surface area contributed by atoms with Gasteiger partial charge in [-0.05, 0) is 144 Å². The third kappa shape index (κ3) is 39.4. The van der Waals surface area contributed by atoms with Crippen LogP contribution in [0.3, 0.4) is 0 Å². The summed E-state index contributed by atoms with van der Waals surface area (Å²) in [4.78, 5) is 242. The van der Waals surface area contributed by atoms with Gasteiger partial charge in [-0.3, -0.25) is 87.5 Å². The second-order valence-electron chi connectivity index (χ2n) is 34.8. The standard InChI is InChI=1S/C86H144N26O22S2/c1-12-42(6)63(78(128)106-59(40-135)75(125)101-53(27-30-87)70(120)98-52(18-16-34-97-85(94)95)69(119)105-58(83(133)134)36-47-21-25-49(115)26-22-47)107-71(121)55(29-32-89)102-80(130)66(45(9)113)110-72(122)54(28-31-88)100-68(118)51(17-15-33-96-84(92)93)99-73(123)57(38-61(90)117)104-81(131)67(86(10,11)136)111-74(124)56(35-46-19-23-48(114)24-20-46)103-77(127)64(43(7)13-2)109-79(129)65(44(8)14-3)108-76(126)60-37-50(116)39-112(60)82(132)62(91)41(4)5/h19-26,41-45,50-60,62-67,113-116,135-136H,12-18,27-40,87-89,91H2,1-11H3,(H2,90,117)(H,98,120)(H,99,123)(H,100,118)(H,101,125)(H,102,130)(H,103,127)(H,104,131)(H,105,119)(H,106,128)(H,107,121)(H,108,126)(H,109,129)(H,110,122)(H,111,124)(H,133,134)(H4,92,93,96)(H4,94,95,97)/t42-,43-,44-,45+,50+,51-,52-,53-,54-,55+,56-,57-,58-,59-,60-,62-,63-,64-,65-,66-,67+/m0/s1. The summed E-state index contributed by atoms with van der Waals surface area (Å²) in [6.07, 6.45) is -5.24. The lowest BCUT2D eigenvalue weighted by Gasteiger charge is -2.33. The largest absolute Gasteiger partial charge is 0.508 e. The van der Waals surface area contributed by atoms with Crippen LogP contribution in [0.2, 0.25) is 0 Å². The number of carbonyl (C=O) groups is 17. The normalized spacial score (nSPS) is 17.2. The Labute approximate surface area is 801 Å². The number of amides is 16. The van der Waals surface area contributed by atoms with E-state index in [0.29, 0.717) is 17.5 Å². The first kappa shape index (κ1) is 118. The number of likely N-dealkylation sites (tertiary alicyclic amines) is 1. The number of carboxylic acid groups (broad SMARTS) is 1. The molecule has 16 amide bonds. The zero-order chi connectivity index (χ0) is 103. The number of aliphatic carboxylic acids is 1. The molecule has 48 nitrogen and oxygen atoms in total. The van der Waals surface area contributed by atoms with Crippen LogP contribution in [0, 0.1) is 34.5 Å². The number of nitrogens with zero attached hydrogens (tertiary/aromatic N) is 1. The molecule has 0 saturated carbocycles. The molecule has 0 radical (unpaired) electrons. The molecular weight excluding hydrogens is 1810 g/mol. The van der Waals surface area contributed by atoms with E-state index in [2.05, 4.69) is 110 Å². The summed E-state index contributed by atoms with van der Waals surface area (Å²) in [6.45, 7) is 16.2. The number of aliphatic hydroxyl groups is 2. The van der Waals surface area contributed by atoms with Crippen LogP contribution >= 0.6 is 25.3 Å². The van der Waals surface area contributed by atoms with Gasteiger partial charge in [0.2, 0.25) is 94.5 Å². The van der Waals surface area contributed by atoms with Crippen molar-refractivity contribution >= 4 is 138 Å². The minimum absolute atomic E-state index is 0.0473. The summed E-state index contributed by atoms with van der Waals surface area (Å²) in [7, 11) is 0. The van der Waals surface area contributed by atoms with E-state index in [9.17, 15) is 107 Å². The average molecular weight is 1960 g/mol. The van der Waals surface area contributed by atoms with E-state index in [1.165, 1.54) is 67.3 Å². The summed E-state index contributed by atoms with van der Waals surface area (Å²) in [6, 6.07) is -13.9. The van der Waals surface area contributed by atoms with E-state index in [1.807, 2.05) is 0 Å². The van der Waals surface area contributed by atoms with Crippen LogP contribution in [0.25, 0.3) is 0 Å². The maximum atomic E-state index is 15.0. The predicted octanol–water partition coefficient (Wildman–Crippen LogP) is -7.69. The Hall–Kier alpha value is -12.0. The highest BCUT2D eigenvalue weighted by atomic mass is 32.1. The van der Waals surface area contributed by atoms with Crippen LogP contribution in [-0.4, -0.2) is 301 Å². The molecule has 762 valence electrons. The Morgan fingerprint density at radius 3 is 1.15 bits per heavy atom. The fraction of sp³-hybridized carbons (Fsp3) is 0.640. The number of primary amides is 1. The van der Waals surface area contributed by atoms with Crippen molar-refractivity contribution in [2.45, 2.75) is 280 Å². The number of phenolic OH excluding ortho intramolecular Hbond substituents is 2. The number of guanidine groups is 2. The van der Waals surface area contributed by atoms with Gasteiger partial charge in [0.1, 0.15) is 102 Å². The number of nitrogens with one attached hydrogen (secondary N) is 18. The van der Waals surface area contributed by atoms with Gasteiger partial charge in [0.15, 0.2) is 11.9 Å². The fourth-order valence-corrected chi connectivity index (χ4v) is 14.6. The van der Waals surface area contributed by atoms with E-state index >= 15 is 0 Å². The van der Waals surface area contributed by atoms with Gasteiger partial charge < -0.3 is 156 Å². The van der Waals surface area contributed by atoms with Gasteiger partial charge in [-0.2, -0.15) is 25.3 Å². The quantitative estimate of drug-likeness (QED) is 0.0127. The van der Waals surface area contributed by atoms with Gasteiger partial charge in [-0.25, -0.2) is 4.79 Å². The van der Waals surface area contributed by atoms with E-state index < -0.39 is 262 Å². The van der Waals surface area contributed by atoms with E-state index in [4.69, 9.17) is 51.0 Å². The first-order chi connectivity index (χ1) is 63.8. The fourth-order valence-electron chi connectivity index (χ4n) is 14.2. The molecule has 0 aromatic heterocycles. The second kappa shape index (κ2) is 58.5. The molecule has 1 aliphatic heterocycles. The molecule has 1 aliphatic rings. The van der Waals surface area contributed by atoms with Gasteiger partial charge in [0.05, 0.1) is 24.7 Å². The van der Waals surface area contributed by atoms with Crippen molar-refractivity contribution in [3.05, 3.63) is 59.7 Å². The van der Waals surface area contributed by atoms with Crippen molar-refractivity contribution < 1.29 is 107 Å².